The number of ether oxygens (including phenoxy) is 3. The summed E-state index contributed by atoms with van der Waals surface area (Å²) in [6, 6.07) is 18.2. The molecule has 1 aromatic heterocycles. The van der Waals surface area contributed by atoms with E-state index in [2.05, 4.69) is 20.8 Å². The second-order valence-electron chi connectivity index (χ2n) is 5.92. The highest BCUT2D eigenvalue weighted by Crippen LogP contribution is 2.34. The molecule has 8 nitrogen and oxygen atoms in total. The largest absolute Gasteiger partial charge is 0.475 e. The van der Waals surface area contributed by atoms with Gasteiger partial charge < -0.3 is 24.8 Å². The van der Waals surface area contributed by atoms with Crippen molar-refractivity contribution in [2.24, 2.45) is 0 Å². The van der Waals surface area contributed by atoms with E-state index < -0.39 is 0 Å². The molecule has 0 bridgehead atoms. The van der Waals surface area contributed by atoms with Crippen LogP contribution in [-0.4, -0.2) is 36.2 Å². The van der Waals surface area contributed by atoms with Gasteiger partial charge in [0.2, 0.25) is 12.7 Å². The molecule has 0 unspecified atom stereocenters. The lowest BCUT2D eigenvalue weighted by atomic mass is 10.1. The lowest BCUT2D eigenvalue weighted by Crippen LogP contribution is -2.32. The fourth-order valence-electron chi connectivity index (χ4n) is 2.63. The van der Waals surface area contributed by atoms with Crippen molar-refractivity contribution in [3.8, 4) is 28.6 Å². The van der Waals surface area contributed by atoms with Crippen LogP contribution in [0.25, 0.3) is 11.3 Å². The van der Waals surface area contributed by atoms with Crippen LogP contribution in [0.5, 0.6) is 17.4 Å². The minimum atomic E-state index is -0.340. The first-order chi connectivity index (χ1) is 13.8. The molecule has 8 heteroatoms. The maximum Gasteiger partial charge on any atom is 0.319 e. The minimum absolute atomic E-state index is 0.192. The summed E-state index contributed by atoms with van der Waals surface area (Å²) in [7, 11) is 0. The molecule has 0 spiro atoms. The van der Waals surface area contributed by atoms with Crippen LogP contribution in [0.2, 0.25) is 0 Å². The van der Waals surface area contributed by atoms with E-state index in [-0.39, 0.29) is 19.4 Å². The zero-order valence-corrected chi connectivity index (χ0v) is 14.9. The van der Waals surface area contributed by atoms with E-state index in [9.17, 15) is 4.79 Å². The summed E-state index contributed by atoms with van der Waals surface area (Å²) in [5.41, 5.74) is 2.38. The Morgan fingerprint density at radius 1 is 1.00 bits per heavy atom. The molecule has 2 heterocycles. The Bertz CT molecular complexity index is 948. The van der Waals surface area contributed by atoms with E-state index in [1.807, 2.05) is 36.4 Å². The van der Waals surface area contributed by atoms with Crippen molar-refractivity contribution in [2.45, 2.75) is 0 Å². The lowest BCUT2D eigenvalue weighted by Gasteiger charge is -2.09. The van der Waals surface area contributed by atoms with Gasteiger partial charge in [-0.1, -0.05) is 30.3 Å². The molecule has 0 radical (unpaired) electrons. The zero-order valence-electron chi connectivity index (χ0n) is 14.9. The van der Waals surface area contributed by atoms with Gasteiger partial charge in [0.1, 0.15) is 6.61 Å². The minimum Gasteiger partial charge on any atom is -0.475 e. The van der Waals surface area contributed by atoms with Crippen LogP contribution < -0.4 is 24.8 Å². The number of aromatic nitrogens is 2. The van der Waals surface area contributed by atoms with Gasteiger partial charge in [0.15, 0.2) is 11.5 Å². The van der Waals surface area contributed by atoms with Gasteiger partial charge in [0, 0.05) is 23.4 Å². The Morgan fingerprint density at radius 2 is 1.86 bits per heavy atom. The van der Waals surface area contributed by atoms with Crippen molar-refractivity contribution in [3.63, 3.8) is 0 Å². The Balaban J connectivity index is 1.21. The van der Waals surface area contributed by atoms with E-state index in [0.29, 0.717) is 29.6 Å². The average molecular weight is 378 g/mol. The Labute approximate surface area is 161 Å². The number of hydrogen-bond donors (Lipinski definition) is 2. The molecular weight excluding hydrogens is 360 g/mol. The van der Waals surface area contributed by atoms with Gasteiger partial charge in [-0.15, -0.1) is 10.2 Å². The lowest BCUT2D eigenvalue weighted by molar-refractivity contribution is 0.174. The van der Waals surface area contributed by atoms with Gasteiger partial charge in [-0.2, -0.15) is 0 Å². The summed E-state index contributed by atoms with van der Waals surface area (Å²) >= 11 is 0. The summed E-state index contributed by atoms with van der Waals surface area (Å²) in [6.07, 6.45) is 0. The molecule has 1 aliphatic rings. The van der Waals surface area contributed by atoms with Crippen LogP contribution in [0.3, 0.4) is 0 Å². The highest BCUT2D eigenvalue weighted by atomic mass is 16.7. The Hall–Kier alpha value is -3.81. The van der Waals surface area contributed by atoms with Gasteiger partial charge >= 0.3 is 6.03 Å². The first-order valence-electron chi connectivity index (χ1n) is 8.74. The van der Waals surface area contributed by atoms with Crippen molar-refractivity contribution in [1.82, 2.24) is 15.5 Å². The molecule has 1 aliphatic heterocycles. The summed E-state index contributed by atoms with van der Waals surface area (Å²) in [5.74, 6) is 1.68. The standard InChI is InChI=1S/C20H18N4O4/c25-20(22-15-6-8-17-18(12-15)28-13-27-17)21-10-11-26-19-9-7-16(23-24-19)14-4-2-1-3-5-14/h1-9,12H,10-11,13H2,(H2,21,22,25). The van der Waals surface area contributed by atoms with Crippen LogP contribution in [0.1, 0.15) is 0 Å². The Kier molecular flexibility index (Phi) is 5.19. The number of rotatable bonds is 6. The van der Waals surface area contributed by atoms with Gasteiger partial charge in [-0.25, -0.2) is 4.79 Å². The molecule has 0 fully saturated rings. The van der Waals surface area contributed by atoms with Crippen molar-refractivity contribution in [1.29, 1.82) is 0 Å². The second kappa shape index (κ2) is 8.26. The number of hydrogen-bond acceptors (Lipinski definition) is 6. The van der Waals surface area contributed by atoms with Crippen molar-refractivity contribution >= 4 is 11.7 Å². The van der Waals surface area contributed by atoms with E-state index in [1.165, 1.54) is 0 Å². The van der Waals surface area contributed by atoms with Crippen LogP contribution >= 0.6 is 0 Å². The van der Waals surface area contributed by atoms with Gasteiger partial charge in [-0.3, -0.25) is 0 Å². The molecule has 0 saturated heterocycles. The molecule has 28 heavy (non-hydrogen) atoms. The van der Waals surface area contributed by atoms with Crippen molar-refractivity contribution in [2.75, 3.05) is 25.3 Å². The predicted molar refractivity (Wildman–Crippen MR) is 103 cm³/mol. The normalized spacial score (nSPS) is 11.7. The highest BCUT2D eigenvalue weighted by molar-refractivity contribution is 5.89. The number of anilines is 1. The number of carbonyl (C=O) groups is 1. The third kappa shape index (κ3) is 4.29. The first kappa shape index (κ1) is 17.6. The number of benzene rings is 2. The number of urea groups is 1. The second-order valence-corrected chi connectivity index (χ2v) is 5.92. The first-order valence-corrected chi connectivity index (χ1v) is 8.74. The van der Waals surface area contributed by atoms with Gasteiger partial charge in [-0.05, 0) is 18.2 Å². The predicted octanol–water partition coefficient (Wildman–Crippen LogP) is 3.07. The van der Waals surface area contributed by atoms with E-state index in [0.717, 1.165) is 11.3 Å². The van der Waals surface area contributed by atoms with E-state index in [1.54, 1.807) is 24.3 Å². The van der Waals surface area contributed by atoms with Gasteiger partial charge in [0.25, 0.3) is 0 Å². The fraction of sp³-hybridized carbons (Fsp3) is 0.150. The molecule has 2 N–H and O–H groups in total. The third-order valence-electron chi connectivity index (χ3n) is 3.98. The SMILES string of the molecule is O=C(NCCOc1ccc(-c2ccccc2)nn1)Nc1ccc2c(c1)OCO2. The smallest absolute Gasteiger partial charge is 0.319 e. The van der Waals surface area contributed by atoms with Crippen LogP contribution in [-0.2, 0) is 0 Å². The van der Waals surface area contributed by atoms with Crippen LogP contribution in [0.4, 0.5) is 10.5 Å². The molecule has 0 atom stereocenters. The van der Waals surface area contributed by atoms with Crippen molar-refractivity contribution in [3.05, 3.63) is 60.7 Å². The molecule has 0 saturated carbocycles. The third-order valence-corrected chi connectivity index (χ3v) is 3.98. The number of fused-ring (bicyclic) bond motifs is 1. The highest BCUT2D eigenvalue weighted by Gasteiger charge is 2.14. The summed E-state index contributed by atoms with van der Waals surface area (Å²) in [5, 5.41) is 13.6. The zero-order chi connectivity index (χ0) is 19.2. The van der Waals surface area contributed by atoms with E-state index >= 15 is 0 Å². The molecule has 2 aromatic carbocycles. The molecule has 0 aliphatic carbocycles. The summed E-state index contributed by atoms with van der Waals surface area (Å²) < 4.78 is 16.0. The average Bonchev–Trinajstić information content (AvgIpc) is 3.20. The maximum absolute atomic E-state index is 11.9. The van der Waals surface area contributed by atoms with Crippen LogP contribution in [0, 0.1) is 0 Å². The van der Waals surface area contributed by atoms with Gasteiger partial charge in [0.05, 0.1) is 12.2 Å². The maximum atomic E-state index is 11.9. The molecular formula is C20H18N4O4. The quantitative estimate of drug-likeness (QED) is 0.640. The number of nitrogens with one attached hydrogen (secondary N) is 2. The fourth-order valence-corrected chi connectivity index (χ4v) is 2.63. The Morgan fingerprint density at radius 3 is 2.68 bits per heavy atom. The molecule has 4 rings (SSSR count). The number of nitrogens with zero attached hydrogens (tertiary/aromatic N) is 2. The summed E-state index contributed by atoms with van der Waals surface area (Å²) in [6.45, 7) is 0.782. The molecule has 2 amide bonds. The number of amides is 2. The van der Waals surface area contributed by atoms with E-state index in [4.69, 9.17) is 14.2 Å². The topological polar surface area (TPSA) is 94.6 Å². The molecule has 142 valence electrons. The van der Waals surface area contributed by atoms with Crippen LogP contribution in [0.15, 0.2) is 60.7 Å². The molecule has 3 aromatic rings. The van der Waals surface area contributed by atoms with Crippen molar-refractivity contribution < 1.29 is 19.0 Å². The number of carbonyl (C=O) groups excluding carboxylic acids is 1. The monoisotopic (exact) mass is 378 g/mol. The summed E-state index contributed by atoms with van der Waals surface area (Å²) in [4.78, 5) is 11.9.